The molecule has 0 saturated heterocycles. The second kappa shape index (κ2) is 10.7. The van der Waals surface area contributed by atoms with Crippen LogP contribution in [0.5, 0.6) is 0 Å². The van der Waals surface area contributed by atoms with Crippen LogP contribution in [-0.2, 0) is 25.3 Å². The molecule has 0 aliphatic rings. The van der Waals surface area contributed by atoms with Crippen molar-refractivity contribution in [2.75, 3.05) is 13.6 Å². The lowest BCUT2D eigenvalue weighted by Crippen LogP contribution is -2.37. The van der Waals surface area contributed by atoms with Gasteiger partial charge in [0.2, 0.25) is 5.91 Å². The van der Waals surface area contributed by atoms with Crippen LogP contribution < -0.4 is 11.2 Å². The molecule has 0 aliphatic carbocycles. The number of benzene rings is 1. The Morgan fingerprint density at radius 2 is 1.97 bits per heavy atom. The van der Waals surface area contributed by atoms with E-state index in [-0.39, 0.29) is 17.3 Å². The topological polar surface area (TPSA) is 93.0 Å². The van der Waals surface area contributed by atoms with Gasteiger partial charge in [-0.1, -0.05) is 18.6 Å². The van der Waals surface area contributed by atoms with E-state index in [4.69, 9.17) is 0 Å². The lowest BCUT2D eigenvalue weighted by molar-refractivity contribution is -0.124. The van der Waals surface area contributed by atoms with Gasteiger partial charge in [0.05, 0.1) is 11.3 Å². The Hall–Kier alpha value is -3.75. The lowest BCUT2D eigenvalue weighted by atomic mass is 10.1. The predicted octanol–water partition coefficient (Wildman–Crippen LogP) is 2.50. The van der Waals surface area contributed by atoms with Crippen molar-refractivity contribution in [1.29, 1.82) is 0 Å². The van der Waals surface area contributed by atoms with Gasteiger partial charge in [0.1, 0.15) is 5.82 Å². The van der Waals surface area contributed by atoms with Gasteiger partial charge in [-0.25, -0.2) is 9.18 Å². The molecule has 0 unspecified atom stereocenters. The van der Waals surface area contributed by atoms with Gasteiger partial charge in [-0.2, -0.15) is 5.10 Å². The third-order valence-electron chi connectivity index (χ3n) is 5.45. The van der Waals surface area contributed by atoms with Crippen molar-refractivity contribution >= 4 is 12.0 Å². The largest absolute Gasteiger partial charge is 0.342 e. The van der Waals surface area contributed by atoms with E-state index in [1.807, 2.05) is 12.1 Å². The third-order valence-corrected chi connectivity index (χ3v) is 5.45. The molecule has 2 heterocycles. The molecule has 8 nitrogen and oxygen atoms in total. The van der Waals surface area contributed by atoms with Gasteiger partial charge in [0, 0.05) is 51.2 Å². The van der Waals surface area contributed by atoms with E-state index in [2.05, 4.69) is 10.2 Å². The summed E-state index contributed by atoms with van der Waals surface area (Å²) >= 11 is 0. The van der Waals surface area contributed by atoms with Crippen LogP contribution in [0.3, 0.4) is 0 Å². The Labute approximate surface area is 191 Å². The van der Waals surface area contributed by atoms with E-state index in [9.17, 15) is 18.8 Å². The Morgan fingerprint density at radius 1 is 1.18 bits per heavy atom. The number of aryl methyl sites for hydroxylation is 2. The van der Waals surface area contributed by atoms with Gasteiger partial charge < -0.3 is 9.47 Å². The molecule has 2 aromatic heterocycles. The maximum atomic E-state index is 13.4. The third kappa shape index (κ3) is 6.15. The first-order valence-electron chi connectivity index (χ1n) is 10.8. The van der Waals surface area contributed by atoms with E-state index in [0.717, 1.165) is 47.2 Å². The second-order valence-corrected chi connectivity index (χ2v) is 8.03. The standard InChI is InChI=1S/C24H28FN5O3/c1-28(22(31)12-11-18-16-29(2)24(33)30(3)23(18)32)13-6-4-5-10-20-15-21(27-26-20)17-8-7-9-19(25)14-17/h7-9,11-12,14-16H,4-6,10,13H2,1-3H3,(H,26,27). The predicted molar refractivity (Wildman–Crippen MR) is 125 cm³/mol. The first kappa shape index (κ1) is 23.9. The van der Waals surface area contributed by atoms with Crippen molar-refractivity contribution in [3.05, 3.63) is 80.5 Å². The number of aromatic nitrogens is 4. The summed E-state index contributed by atoms with van der Waals surface area (Å²) in [7, 11) is 4.67. The van der Waals surface area contributed by atoms with Gasteiger partial charge in [-0.05, 0) is 43.5 Å². The highest BCUT2D eigenvalue weighted by molar-refractivity contribution is 5.91. The Balaban J connectivity index is 1.43. The monoisotopic (exact) mass is 453 g/mol. The maximum Gasteiger partial charge on any atom is 0.330 e. The van der Waals surface area contributed by atoms with Crippen molar-refractivity contribution in [3.8, 4) is 11.3 Å². The zero-order valence-electron chi connectivity index (χ0n) is 19.0. The molecule has 33 heavy (non-hydrogen) atoms. The van der Waals surface area contributed by atoms with E-state index in [1.54, 1.807) is 25.1 Å². The summed E-state index contributed by atoms with van der Waals surface area (Å²) < 4.78 is 15.7. The fraction of sp³-hybridized carbons (Fsp3) is 0.333. The Kier molecular flexibility index (Phi) is 7.76. The number of nitrogens with one attached hydrogen (secondary N) is 1. The zero-order chi connectivity index (χ0) is 24.0. The number of rotatable bonds is 9. The minimum absolute atomic E-state index is 0.209. The summed E-state index contributed by atoms with van der Waals surface area (Å²) in [6.45, 7) is 0.589. The molecule has 174 valence electrons. The summed E-state index contributed by atoms with van der Waals surface area (Å²) in [5, 5.41) is 7.25. The van der Waals surface area contributed by atoms with Crippen molar-refractivity contribution in [2.24, 2.45) is 14.1 Å². The first-order valence-corrected chi connectivity index (χ1v) is 10.8. The highest BCUT2D eigenvalue weighted by Gasteiger charge is 2.08. The molecule has 1 N–H and O–H groups in total. The number of likely N-dealkylation sites (N-methyl/N-ethyl adjacent to an activating group) is 1. The highest BCUT2D eigenvalue weighted by Crippen LogP contribution is 2.19. The van der Waals surface area contributed by atoms with Gasteiger partial charge in [-0.3, -0.25) is 19.3 Å². The molecule has 3 rings (SSSR count). The van der Waals surface area contributed by atoms with Crippen LogP contribution in [0.4, 0.5) is 4.39 Å². The summed E-state index contributed by atoms with van der Waals surface area (Å²) in [5.74, 6) is -0.499. The molecule has 1 aromatic carbocycles. The molecule has 0 radical (unpaired) electrons. The highest BCUT2D eigenvalue weighted by atomic mass is 19.1. The average molecular weight is 454 g/mol. The minimum Gasteiger partial charge on any atom is -0.342 e. The fourth-order valence-electron chi connectivity index (χ4n) is 3.48. The molecule has 3 aromatic rings. The number of halogens is 1. The Bertz CT molecular complexity index is 1270. The van der Waals surface area contributed by atoms with Crippen molar-refractivity contribution in [3.63, 3.8) is 0 Å². The molecule has 0 atom stereocenters. The molecular formula is C24H28FN5O3. The van der Waals surface area contributed by atoms with Crippen LogP contribution in [-0.4, -0.2) is 43.7 Å². The quantitative estimate of drug-likeness (QED) is 0.398. The molecule has 0 spiro atoms. The summed E-state index contributed by atoms with van der Waals surface area (Å²) in [4.78, 5) is 37.8. The number of unbranched alkanes of at least 4 members (excludes halogenated alkanes) is 2. The normalized spacial score (nSPS) is 11.3. The molecule has 0 aliphatic heterocycles. The molecule has 0 fully saturated rings. The van der Waals surface area contributed by atoms with Crippen LogP contribution >= 0.6 is 0 Å². The first-order chi connectivity index (χ1) is 15.8. The summed E-state index contributed by atoms with van der Waals surface area (Å²) in [6.07, 6.45) is 7.71. The van der Waals surface area contributed by atoms with Gasteiger partial charge in [0.15, 0.2) is 0 Å². The lowest BCUT2D eigenvalue weighted by Gasteiger charge is -2.14. The van der Waals surface area contributed by atoms with Crippen molar-refractivity contribution in [2.45, 2.75) is 25.7 Å². The molecule has 1 amide bonds. The van der Waals surface area contributed by atoms with Crippen LogP contribution in [0.15, 0.2) is 52.2 Å². The maximum absolute atomic E-state index is 13.4. The number of H-pyrrole nitrogens is 1. The minimum atomic E-state index is -0.441. The average Bonchev–Trinajstić information content (AvgIpc) is 3.27. The smallest absolute Gasteiger partial charge is 0.330 e. The Morgan fingerprint density at radius 3 is 2.73 bits per heavy atom. The number of amides is 1. The van der Waals surface area contributed by atoms with E-state index >= 15 is 0 Å². The number of aromatic amines is 1. The molecule has 0 saturated carbocycles. The molecule has 9 heteroatoms. The van der Waals surface area contributed by atoms with E-state index < -0.39 is 11.2 Å². The number of carbonyl (C=O) groups is 1. The van der Waals surface area contributed by atoms with Gasteiger partial charge in [-0.15, -0.1) is 0 Å². The SMILES string of the molecule is CN(CCCCCc1cc(-c2cccc(F)c2)n[nH]1)C(=O)C=Cc1cn(C)c(=O)n(C)c1=O. The second-order valence-electron chi connectivity index (χ2n) is 8.03. The van der Waals surface area contributed by atoms with Gasteiger partial charge in [0.25, 0.3) is 5.56 Å². The van der Waals surface area contributed by atoms with E-state index in [0.29, 0.717) is 6.54 Å². The summed E-state index contributed by atoms with van der Waals surface area (Å²) in [6, 6.07) is 8.27. The van der Waals surface area contributed by atoms with Crippen molar-refractivity contribution in [1.82, 2.24) is 24.2 Å². The van der Waals surface area contributed by atoms with Crippen LogP contribution in [0, 0.1) is 5.82 Å². The van der Waals surface area contributed by atoms with E-state index in [1.165, 1.54) is 42.1 Å². The number of hydrogen-bond donors (Lipinski definition) is 1. The van der Waals surface area contributed by atoms with Crippen LogP contribution in [0.25, 0.3) is 17.3 Å². The zero-order valence-corrected chi connectivity index (χ0v) is 19.0. The van der Waals surface area contributed by atoms with Crippen molar-refractivity contribution < 1.29 is 9.18 Å². The van der Waals surface area contributed by atoms with Crippen LogP contribution in [0.2, 0.25) is 0 Å². The molecule has 0 bridgehead atoms. The number of hydrogen-bond acceptors (Lipinski definition) is 4. The van der Waals surface area contributed by atoms with Crippen LogP contribution in [0.1, 0.15) is 30.5 Å². The molecular weight excluding hydrogens is 425 g/mol. The summed E-state index contributed by atoms with van der Waals surface area (Å²) in [5.41, 5.74) is 1.86. The number of carbonyl (C=O) groups excluding carboxylic acids is 1. The number of nitrogens with zero attached hydrogens (tertiary/aromatic N) is 4. The van der Waals surface area contributed by atoms with Gasteiger partial charge >= 0.3 is 5.69 Å². The fourth-order valence-corrected chi connectivity index (χ4v) is 3.48.